The number of hydroxylamine groups is 1. The van der Waals surface area contributed by atoms with Crippen molar-refractivity contribution in [1.82, 2.24) is 20.8 Å². The first-order valence-corrected chi connectivity index (χ1v) is 9.50. The fourth-order valence-corrected chi connectivity index (χ4v) is 3.35. The maximum Gasteiger partial charge on any atom is 0.267 e. The van der Waals surface area contributed by atoms with Gasteiger partial charge in [-0.1, -0.05) is 30.3 Å². The number of nitrogens with one attached hydrogen (secondary N) is 3. The summed E-state index contributed by atoms with van der Waals surface area (Å²) in [6.45, 7) is 1.66. The number of benzene rings is 2. The highest BCUT2D eigenvalue weighted by Gasteiger charge is 2.05. The Bertz CT molecular complexity index is 1160. The van der Waals surface area contributed by atoms with Crippen molar-refractivity contribution in [2.75, 3.05) is 6.54 Å². The molecule has 2 heterocycles. The van der Waals surface area contributed by atoms with Crippen LogP contribution in [0.3, 0.4) is 0 Å². The summed E-state index contributed by atoms with van der Waals surface area (Å²) >= 11 is 0. The van der Waals surface area contributed by atoms with Gasteiger partial charge in [0, 0.05) is 35.1 Å². The van der Waals surface area contributed by atoms with Crippen LogP contribution in [-0.2, 0) is 17.8 Å². The molecule has 6 nitrogen and oxygen atoms in total. The Labute approximate surface area is 168 Å². The van der Waals surface area contributed by atoms with Gasteiger partial charge in [-0.3, -0.25) is 10.0 Å². The van der Waals surface area contributed by atoms with Crippen LogP contribution in [0.5, 0.6) is 0 Å². The Hall–Kier alpha value is -3.48. The number of carbonyl (C=O) groups is 1. The zero-order valence-electron chi connectivity index (χ0n) is 15.9. The average molecular weight is 386 g/mol. The second kappa shape index (κ2) is 8.68. The van der Waals surface area contributed by atoms with Crippen LogP contribution in [0, 0.1) is 0 Å². The molecule has 4 N–H and O–H groups in total. The van der Waals surface area contributed by atoms with Gasteiger partial charge in [-0.2, -0.15) is 0 Å². The van der Waals surface area contributed by atoms with Gasteiger partial charge < -0.3 is 10.3 Å². The van der Waals surface area contributed by atoms with Gasteiger partial charge in [-0.15, -0.1) is 0 Å². The summed E-state index contributed by atoms with van der Waals surface area (Å²) in [6.07, 6.45) is 5.68. The van der Waals surface area contributed by atoms with Gasteiger partial charge in [-0.05, 0) is 60.0 Å². The zero-order valence-corrected chi connectivity index (χ0v) is 15.9. The Morgan fingerprint density at radius 2 is 1.90 bits per heavy atom. The van der Waals surface area contributed by atoms with Crippen molar-refractivity contribution in [2.45, 2.75) is 13.0 Å². The van der Waals surface area contributed by atoms with E-state index >= 15 is 0 Å². The van der Waals surface area contributed by atoms with E-state index in [0.717, 1.165) is 41.6 Å². The maximum atomic E-state index is 11.0. The summed E-state index contributed by atoms with van der Waals surface area (Å²) in [5.41, 5.74) is 6.97. The number of nitrogens with zero attached hydrogens (tertiary/aromatic N) is 1. The molecule has 0 spiro atoms. The van der Waals surface area contributed by atoms with E-state index in [0.29, 0.717) is 0 Å². The molecular weight excluding hydrogens is 364 g/mol. The molecule has 2 aromatic carbocycles. The lowest BCUT2D eigenvalue weighted by molar-refractivity contribution is -0.124. The minimum absolute atomic E-state index is 0.544. The Balaban J connectivity index is 1.32. The minimum atomic E-state index is -0.544. The molecule has 0 fully saturated rings. The third-order valence-corrected chi connectivity index (χ3v) is 4.87. The quantitative estimate of drug-likeness (QED) is 0.169. The van der Waals surface area contributed by atoms with Crippen molar-refractivity contribution in [2.24, 2.45) is 0 Å². The van der Waals surface area contributed by atoms with E-state index in [-0.39, 0.29) is 0 Å². The summed E-state index contributed by atoms with van der Waals surface area (Å²) in [6, 6.07) is 18.5. The van der Waals surface area contributed by atoms with E-state index in [9.17, 15) is 4.79 Å². The number of aromatic amines is 1. The van der Waals surface area contributed by atoms with E-state index in [2.05, 4.69) is 39.6 Å². The number of rotatable bonds is 7. The molecule has 0 radical (unpaired) electrons. The standard InChI is InChI=1S/C23H22N4O2/c28-22(27-29)10-8-16-3-5-18(6-4-16)15-24-13-11-17-7-9-21-20(14-17)19-2-1-12-25-23(19)26-21/h1-10,12,14,24,29H,11,13,15H2,(H,25,26)(H,27,28)/b10-8+. The van der Waals surface area contributed by atoms with Crippen LogP contribution in [0.15, 0.2) is 66.9 Å². The van der Waals surface area contributed by atoms with Crippen LogP contribution >= 0.6 is 0 Å². The topological polar surface area (TPSA) is 90.0 Å². The molecule has 0 atom stereocenters. The van der Waals surface area contributed by atoms with Gasteiger partial charge in [0.25, 0.3) is 5.91 Å². The molecule has 2 aromatic heterocycles. The number of H-pyrrole nitrogens is 1. The smallest absolute Gasteiger partial charge is 0.267 e. The summed E-state index contributed by atoms with van der Waals surface area (Å²) in [5, 5.41) is 14.3. The van der Waals surface area contributed by atoms with Crippen molar-refractivity contribution < 1.29 is 10.0 Å². The molecule has 0 saturated heterocycles. The number of hydrogen-bond donors (Lipinski definition) is 4. The Kier molecular flexibility index (Phi) is 5.65. The molecule has 6 heteroatoms. The van der Waals surface area contributed by atoms with Crippen LogP contribution in [-0.4, -0.2) is 27.6 Å². The fraction of sp³-hybridized carbons (Fsp3) is 0.130. The lowest BCUT2D eigenvalue weighted by Gasteiger charge is -2.06. The number of fused-ring (bicyclic) bond motifs is 3. The molecule has 0 saturated carbocycles. The molecule has 1 amide bonds. The lowest BCUT2D eigenvalue weighted by atomic mass is 10.1. The molecular formula is C23H22N4O2. The molecule has 0 aliphatic rings. The van der Waals surface area contributed by atoms with Crippen molar-refractivity contribution in [3.8, 4) is 0 Å². The first-order chi connectivity index (χ1) is 14.2. The SMILES string of the molecule is O=C(/C=C/c1ccc(CNCCc2ccc3[nH]c4ncccc4c3c2)cc1)NO. The Morgan fingerprint density at radius 3 is 2.72 bits per heavy atom. The normalized spacial score (nSPS) is 11.5. The average Bonchev–Trinajstić information content (AvgIpc) is 3.14. The summed E-state index contributed by atoms with van der Waals surface area (Å²) in [4.78, 5) is 18.7. The van der Waals surface area contributed by atoms with Gasteiger partial charge in [-0.25, -0.2) is 10.5 Å². The van der Waals surface area contributed by atoms with Crippen LogP contribution in [0.4, 0.5) is 0 Å². The largest absolute Gasteiger partial charge is 0.339 e. The summed E-state index contributed by atoms with van der Waals surface area (Å²) < 4.78 is 0. The predicted octanol–water partition coefficient (Wildman–Crippen LogP) is 3.57. The van der Waals surface area contributed by atoms with Crippen LogP contribution in [0.25, 0.3) is 28.0 Å². The summed E-state index contributed by atoms with van der Waals surface area (Å²) in [5.74, 6) is -0.544. The molecule has 4 aromatic rings. The second-order valence-electron chi connectivity index (χ2n) is 6.88. The van der Waals surface area contributed by atoms with Crippen molar-refractivity contribution >= 4 is 33.9 Å². The molecule has 146 valence electrons. The zero-order chi connectivity index (χ0) is 20.1. The molecule has 0 aliphatic heterocycles. The monoisotopic (exact) mass is 386 g/mol. The minimum Gasteiger partial charge on any atom is -0.339 e. The number of amides is 1. The fourth-order valence-electron chi connectivity index (χ4n) is 3.35. The van der Waals surface area contributed by atoms with Crippen molar-refractivity contribution in [1.29, 1.82) is 0 Å². The van der Waals surface area contributed by atoms with Crippen LogP contribution in [0.2, 0.25) is 0 Å². The number of carbonyl (C=O) groups excluding carboxylic acids is 1. The van der Waals surface area contributed by atoms with Crippen LogP contribution < -0.4 is 10.8 Å². The van der Waals surface area contributed by atoms with E-state index < -0.39 is 5.91 Å². The first-order valence-electron chi connectivity index (χ1n) is 9.50. The van der Waals surface area contributed by atoms with E-state index in [1.807, 2.05) is 30.3 Å². The molecule has 0 unspecified atom stereocenters. The number of hydrogen-bond acceptors (Lipinski definition) is 4. The highest BCUT2D eigenvalue weighted by atomic mass is 16.5. The number of aromatic nitrogens is 2. The third-order valence-electron chi connectivity index (χ3n) is 4.87. The highest BCUT2D eigenvalue weighted by Crippen LogP contribution is 2.24. The predicted molar refractivity (Wildman–Crippen MR) is 114 cm³/mol. The van der Waals surface area contributed by atoms with Gasteiger partial charge in [0.2, 0.25) is 0 Å². The maximum absolute atomic E-state index is 11.0. The summed E-state index contributed by atoms with van der Waals surface area (Å²) in [7, 11) is 0. The second-order valence-corrected chi connectivity index (χ2v) is 6.88. The molecule has 0 bridgehead atoms. The van der Waals surface area contributed by atoms with Gasteiger partial charge in [0.15, 0.2) is 0 Å². The molecule has 0 aliphatic carbocycles. The van der Waals surface area contributed by atoms with Crippen molar-refractivity contribution in [3.63, 3.8) is 0 Å². The molecule has 29 heavy (non-hydrogen) atoms. The first kappa shape index (κ1) is 18.9. The van der Waals surface area contributed by atoms with E-state index in [1.165, 1.54) is 22.6 Å². The highest BCUT2D eigenvalue weighted by molar-refractivity contribution is 6.05. The van der Waals surface area contributed by atoms with Crippen molar-refractivity contribution in [3.05, 3.63) is 83.6 Å². The van der Waals surface area contributed by atoms with Gasteiger partial charge in [0.1, 0.15) is 5.65 Å². The van der Waals surface area contributed by atoms with Gasteiger partial charge >= 0.3 is 0 Å². The van der Waals surface area contributed by atoms with E-state index in [1.54, 1.807) is 17.8 Å². The molecule has 4 rings (SSSR count). The van der Waals surface area contributed by atoms with Crippen LogP contribution in [0.1, 0.15) is 16.7 Å². The number of pyridine rings is 1. The van der Waals surface area contributed by atoms with E-state index in [4.69, 9.17) is 5.21 Å². The third kappa shape index (κ3) is 4.51. The van der Waals surface area contributed by atoms with Gasteiger partial charge in [0.05, 0.1) is 0 Å². The Morgan fingerprint density at radius 1 is 1.07 bits per heavy atom. The lowest BCUT2D eigenvalue weighted by Crippen LogP contribution is -2.16.